The highest BCUT2D eigenvalue weighted by molar-refractivity contribution is 7.73. The Morgan fingerprint density at radius 1 is 0.410 bits per heavy atom. The molecule has 0 aliphatic carbocycles. The summed E-state index contributed by atoms with van der Waals surface area (Å²) in [5, 5.41) is 6.14. The van der Waals surface area contributed by atoms with Gasteiger partial charge in [-0.3, -0.25) is 0 Å². The quantitative estimate of drug-likeness (QED) is 0.0933. The summed E-state index contributed by atoms with van der Waals surface area (Å²) in [6.45, 7) is 4.86. The molecule has 0 aromatic heterocycles. The van der Waals surface area contributed by atoms with Gasteiger partial charge in [0.05, 0.1) is 8.07 Å². The maximum absolute atomic E-state index is 2.43. The van der Waals surface area contributed by atoms with Crippen molar-refractivity contribution in [2.24, 2.45) is 0 Å². The van der Waals surface area contributed by atoms with Crippen molar-refractivity contribution in [3.8, 4) is 0 Å². The molecular weight excluding hydrogens is 522 g/mol. The minimum Gasteiger partial charge on any atom is -0.0657 e. The molecule has 0 bridgehead atoms. The lowest BCUT2D eigenvalue weighted by molar-refractivity contribution is 0.885. The summed E-state index contributed by atoms with van der Waals surface area (Å²) in [7, 11) is -1.87. The van der Waals surface area contributed by atoms with Crippen molar-refractivity contribution in [3.63, 3.8) is 0 Å². The molecule has 39 heavy (non-hydrogen) atoms. The van der Waals surface area contributed by atoms with Crippen molar-refractivity contribution in [1.82, 2.24) is 0 Å². The fourth-order valence-corrected chi connectivity index (χ4v) is 17.1. The standard InChI is InChI=1S/C36H46P2Si/c1-3-29-39(30-4-2,31-17-27-37(33-19-9-5-10-20-33)34-21-11-6-12-22-34)32-18-28-38(35-23-13-7-14-24-35)36-25-15-8-16-26-36/h5-16,19-26H,3-4,17-18,27-32H2,1-2H3. The molecule has 0 nitrogen and oxygen atoms in total. The zero-order valence-electron chi connectivity index (χ0n) is 24.0. The normalized spacial score (nSPS) is 11.8. The van der Waals surface area contributed by atoms with Crippen LogP contribution in [0.15, 0.2) is 121 Å². The van der Waals surface area contributed by atoms with Crippen LogP contribution in [0, 0.1) is 0 Å². The lowest BCUT2D eigenvalue weighted by Gasteiger charge is -2.33. The molecule has 0 fully saturated rings. The van der Waals surface area contributed by atoms with Gasteiger partial charge >= 0.3 is 0 Å². The summed E-state index contributed by atoms with van der Waals surface area (Å²) >= 11 is 0. The molecule has 0 saturated heterocycles. The zero-order chi connectivity index (χ0) is 27.2. The fraction of sp³-hybridized carbons (Fsp3) is 0.333. The van der Waals surface area contributed by atoms with Crippen LogP contribution in [0.2, 0.25) is 24.2 Å². The van der Waals surface area contributed by atoms with Crippen LogP contribution in [-0.4, -0.2) is 20.4 Å². The van der Waals surface area contributed by atoms with Crippen LogP contribution in [-0.2, 0) is 0 Å². The molecule has 0 radical (unpaired) electrons. The molecule has 0 saturated carbocycles. The molecule has 0 aliphatic rings. The Kier molecular flexibility index (Phi) is 12.5. The molecule has 4 rings (SSSR count). The van der Waals surface area contributed by atoms with Crippen LogP contribution < -0.4 is 21.2 Å². The van der Waals surface area contributed by atoms with Gasteiger partial charge in [0.15, 0.2) is 0 Å². The highest BCUT2D eigenvalue weighted by Gasteiger charge is 2.31. The number of rotatable bonds is 16. The average Bonchev–Trinajstić information content (AvgIpc) is 3.00. The molecule has 0 unspecified atom stereocenters. The number of hydrogen-bond acceptors (Lipinski definition) is 0. The molecule has 4 aromatic rings. The molecule has 3 heteroatoms. The molecule has 4 aromatic carbocycles. The monoisotopic (exact) mass is 568 g/mol. The first-order valence-electron chi connectivity index (χ1n) is 15.0. The third-order valence-corrected chi connectivity index (χ3v) is 19.2. The SMILES string of the molecule is CCC[Si](CCC)(CCCP(c1ccccc1)c1ccccc1)CCCP(c1ccccc1)c1ccccc1. The van der Waals surface area contributed by atoms with Gasteiger partial charge in [-0.15, -0.1) is 0 Å². The predicted molar refractivity (Wildman–Crippen MR) is 183 cm³/mol. The highest BCUT2D eigenvalue weighted by Crippen LogP contribution is 2.40. The van der Waals surface area contributed by atoms with Gasteiger partial charge < -0.3 is 0 Å². The fourth-order valence-electron chi connectivity index (χ4n) is 6.28. The summed E-state index contributed by atoms with van der Waals surface area (Å²) in [5.74, 6) is 0. The maximum Gasteiger partial charge on any atom is 0.0535 e. The zero-order valence-corrected chi connectivity index (χ0v) is 26.8. The summed E-state index contributed by atoms with van der Waals surface area (Å²) in [6.07, 6.45) is 8.12. The summed E-state index contributed by atoms with van der Waals surface area (Å²) in [5.41, 5.74) is 0. The maximum atomic E-state index is 2.43. The van der Waals surface area contributed by atoms with E-state index >= 15 is 0 Å². The molecule has 204 valence electrons. The lowest BCUT2D eigenvalue weighted by atomic mass is 10.4. The summed E-state index contributed by atoms with van der Waals surface area (Å²) in [4.78, 5) is 0. The van der Waals surface area contributed by atoms with E-state index < -0.39 is 8.07 Å². The number of hydrogen-bond donors (Lipinski definition) is 0. The van der Waals surface area contributed by atoms with Crippen molar-refractivity contribution in [2.45, 2.75) is 63.7 Å². The van der Waals surface area contributed by atoms with Crippen LogP contribution in [0.25, 0.3) is 0 Å². The van der Waals surface area contributed by atoms with E-state index in [0.717, 1.165) is 0 Å². The second-order valence-corrected chi connectivity index (χ2v) is 20.5. The first kappa shape index (κ1) is 29.9. The summed E-state index contributed by atoms with van der Waals surface area (Å²) in [6, 6.07) is 51.3. The van der Waals surface area contributed by atoms with Gasteiger partial charge in [0.25, 0.3) is 0 Å². The molecule has 0 N–H and O–H groups in total. The Morgan fingerprint density at radius 2 is 0.692 bits per heavy atom. The molecule has 0 aliphatic heterocycles. The minimum absolute atomic E-state index is 0.281. The van der Waals surface area contributed by atoms with Gasteiger partial charge in [-0.25, -0.2) is 0 Å². The minimum atomic E-state index is -1.31. The Morgan fingerprint density at radius 3 is 0.949 bits per heavy atom. The predicted octanol–water partition coefficient (Wildman–Crippen LogP) is 9.30. The first-order chi connectivity index (χ1) is 19.2. The smallest absolute Gasteiger partial charge is 0.0535 e. The molecular formula is C36H46P2Si. The van der Waals surface area contributed by atoms with E-state index in [-0.39, 0.29) is 15.8 Å². The van der Waals surface area contributed by atoms with Gasteiger partial charge in [0, 0.05) is 0 Å². The molecule has 0 heterocycles. The third kappa shape index (κ3) is 8.98. The highest BCUT2D eigenvalue weighted by atomic mass is 31.1. The van der Waals surface area contributed by atoms with Crippen molar-refractivity contribution < 1.29 is 0 Å². The second kappa shape index (κ2) is 16.3. The van der Waals surface area contributed by atoms with Crippen molar-refractivity contribution >= 4 is 45.1 Å². The Hall–Kier alpha value is -2.04. The van der Waals surface area contributed by atoms with Crippen molar-refractivity contribution in [3.05, 3.63) is 121 Å². The Labute approximate surface area is 241 Å². The second-order valence-electron chi connectivity index (χ2n) is 10.9. The van der Waals surface area contributed by atoms with E-state index in [1.165, 1.54) is 83.4 Å². The Balaban J connectivity index is 1.46. The number of benzene rings is 4. The summed E-state index contributed by atoms with van der Waals surface area (Å²) < 4.78 is 0. The molecule has 0 amide bonds. The largest absolute Gasteiger partial charge is 0.0657 e. The average molecular weight is 569 g/mol. The Bertz CT molecular complexity index is 1010. The topological polar surface area (TPSA) is 0 Å². The van der Waals surface area contributed by atoms with Gasteiger partial charge in [0.2, 0.25) is 0 Å². The van der Waals surface area contributed by atoms with Crippen LogP contribution in [0.3, 0.4) is 0 Å². The van der Waals surface area contributed by atoms with Gasteiger partial charge in [-0.2, -0.15) is 0 Å². The van der Waals surface area contributed by atoms with Gasteiger partial charge in [-0.05, 0) is 49.4 Å². The van der Waals surface area contributed by atoms with Crippen LogP contribution >= 0.6 is 15.8 Å². The van der Waals surface area contributed by atoms with Gasteiger partial charge in [-0.1, -0.05) is 185 Å². The molecule has 0 spiro atoms. The van der Waals surface area contributed by atoms with E-state index in [0.29, 0.717) is 0 Å². The van der Waals surface area contributed by atoms with E-state index in [4.69, 9.17) is 0 Å². The lowest BCUT2D eigenvalue weighted by Crippen LogP contribution is -2.34. The van der Waals surface area contributed by atoms with E-state index in [2.05, 4.69) is 135 Å². The third-order valence-electron chi connectivity index (χ3n) is 8.01. The van der Waals surface area contributed by atoms with Crippen LogP contribution in [0.4, 0.5) is 0 Å². The van der Waals surface area contributed by atoms with Crippen LogP contribution in [0.1, 0.15) is 39.5 Å². The van der Waals surface area contributed by atoms with Crippen molar-refractivity contribution in [2.75, 3.05) is 12.3 Å². The van der Waals surface area contributed by atoms with Crippen molar-refractivity contribution in [1.29, 1.82) is 0 Å². The van der Waals surface area contributed by atoms with Crippen LogP contribution in [0.5, 0.6) is 0 Å². The molecule has 0 atom stereocenters. The van der Waals surface area contributed by atoms with Gasteiger partial charge in [0.1, 0.15) is 0 Å². The first-order valence-corrected chi connectivity index (χ1v) is 20.9. The van der Waals surface area contributed by atoms with E-state index in [9.17, 15) is 0 Å². The van der Waals surface area contributed by atoms with E-state index in [1.807, 2.05) is 0 Å². The van der Waals surface area contributed by atoms with E-state index in [1.54, 1.807) is 0 Å².